The molecular formula is C6H5F4Zn. The number of rotatable bonds is 1. The van der Waals surface area contributed by atoms with Crippen LogP contribution in [0.15, 0.2) is 30.3 Å². The van der Waals surface area contributed by atoms with Crippen LogP contribution in [-0.2, 0) is 15.6 Å². The summed E-state index contributed by atoms with van der Waals surface area (Å²) in [5.74, 6) is 0. The Kier molecular flexibility index (Phi) is 1.79. The van der Waals surface area contributed by atoms with E-state index in [4.69, 9.17) is 0 Å². The molecule has 0 amide bonds. The van der Waals surface area contributed by atoms with E-state index in [9.17, 15) is 13.3 Å². The minimum absolute atomic E-state index is 0.772. The molecule has 0 nitrogen and oxygen atoms in total. The molecule has 0 heterocycles. The fraction of sp³-hybridized carbons (Fsp3) is 0. The summed E-state index contributed by atoms with van der Waals surface area (Å²) in [6, 6.07) is 5.33. The molecule has 1 aromatic rings. The first-order valence-electron chi connectivity index (χ1n) is 3.33. The van der Waals surface area contributed by atoms with Crippen LogP contribution in [-0.4, -0.2) is 0 Å². The summed E-state index contributed by atoms with van der Waals surface area (Å²) in [6.45, 7) is 0. The Labute approximate surface area is 63.9 Å². The van der Waals surface area contributed by atoms with Crippen molar-refractivity contribution in [2.24, 2.45) is 0 Å². The molecule has 0 aliphatic heterocycles. The molecule has 11 heavy (non-hydrogen) atoms. The average Bonchev–Trinajstić information content (AvgIpc) is 1.86. The van der Waals surface area contributed by atoms with Gasteiger partial charge >= 0.3 is 63.3 Å². The first-order chi connectivity index (χ1) is 4.86. The van der Waals surface area contributed by atoms with Crippen molar-refractivity contribution >= 4 is 4.16 Å². The third-order valence-electron chi connectivity index (χ3n) is 1.46. The maximum atomic E-state index is 12.0. The van der Waals surface area contributed by atoms with Crippen molar-refractivity contribution in [3.05, 3.63) is 30.3 Å². The molecule has 0 spiro atoms. The summed E-state index contributed by atoms with van der Waals surface area (Å²) in [5, 5.41) is 0. The SMILES string of the molecule is [F][Zn]([F])([F])([F])[c]1ccccc1. The molecule has 0 radical (unpaired) electrons. The predicted molar refractivity (Wildman–Crippen MR) is 30.5 cm³/mol. The van der Waals surface area contributed by atoms with Crippen molar-refractivity contribution in [2.75, 3.05) is 0 Å². The molecule has 1 rings (SSSR count). The maximum absolute atomic E-state index is 12.0. The third kappa shape index (κ3) is 2.26. The van der Waals surface area contributed by atoms with Crippen LogP contribution in [0.1, 0.15) is 0 Å². The summed E-state index contributed by atoms with van der Waals surface area (Å²) >= 11 is -8.40. The molecule has 5 heteroatoms. The van der Waals surface area contributed by atoms with Gasteiger partial charge in [-0.2, -0.15) is 0 Å². The van der Waals surface area contributed by atoms with Crippen LogP contribution in [0.4, 0.5) is 13.3 Å². The van der Waals surface area contributed by atoms with Gasteiger partial charge in [-0.3, -0.25) is 0 Å². The van der Waals surface area contributed by atoms with Gasteiger partial charge in [0.2, 0.25) is 0 Å². The Morgan fingerprint density at radius 3 is 1.55 bits per heavy atom. The van der Waals surface area contributed by atoms with Gasteiger partial charge in [-0.15, -0.1) is 0 Å². The van der Waals surface area contributed by atoms with Gasteiger partial charge in [-0.25, -0.2) is 0 Å². The molecule has 0 aromatic heterocycles. The fourth-order valence-electron chi connectivity index (χ4n) is 0.834. The van der Waals surface area contributed by atoms with Gasteiger partial charge in [0.15, 0.2) is 0 Å². The van der Waals surface area contributed by atoms with Crippen LogP contribution in [0, 0.1) is 0 Å². The van der Waals surface area contributed by atoms with E-state index in [-0.39, 0.29) is 0 Å². The molecular weight excluding hydrogens is 213 g/mol. The minimum atomic E-state index is -8.40. The quantitative estimate of drug-likeness (QED) is 0.502. The summed E-state index contributed by atoms with van der Waals surface area (Å²) in [5.41, 5.74) is 0. The molecule has 0 N–H and O–H groups in total. The Hall–Kier alpha value is -0.437. The van der Waals surface area contributed by atoms with E-state index in [1.807, 2.05) is 0 Å². The van der Waals surface area contributed by atoms with E-state index in [2.05, 4.69) is 0 Å². The zero-order valence-corrected chi connectivity index (χ0v) is 8.57. The number of halogens is 4. The fourth-order valence-corrected chi connectivity index (χ4v) is 2.90. The van der Waals surface area contributed by atoms with Gasteiger partial charge in [-0.1, -0.05) is 0 Å². The standard InChI is InChI=1S/C6H5.4FH.Zn/c1-2-4-6-5-3-1;;;;;/h1-5H;4*1H;/q;;;;;+4/p-4. The van der Waals surface area contributed by atoms with Crippen molar-refractivity contribution in [3.8, 4) is 0 Å². The van der Waals surface area contributed by atoms with Crippen LogP contribution in [0.2, 0.25) is 0 Å². The molecule has 0 saturated heterocycles. The van der Waals surface area contributed by atoms with E-state index in [1.165, 1.54) is 18.2 Å². The summed E-state index contributed by atoms with van der Waals surface area (Å²) in [4.78, 5) is 0. The predicted octanol–water partition coefficient (Wildman–Crippen LogP) is 2.54. The van der Waals surface area contributed by atoms with E-state index in [1.54, 1.807) is 0 Å². The van der Waals surface area contributed by atoms with Gasteiger partial charge in [0.1, 0.15) is 0 Å². The Morgan fingerprint density at radius 2 is 1.27 bits per heavy atom. The van der Waals surface area contributed by atoms with Crippen molar-refractivity contribution < 1.29 is 28.9 Å². The molecule has 0 saturated carbocycles. The molecule has 0 atom stereocenters. The number of hydrogen-bond donors (Lipinski definition) is 0. The molecule has 0 aliphatic carbocycles. The first kappa shape index (κ1) is 8.66. The average molecular weight is 218 g/mol. The normalized spacial score (nSPS) is 13.2. The van der Waals surface area contributed by atoms with E-state index < -0.39 is 19.7 Å². The van der Waals surface area contributed by atoms with E-state index in [0.717, 1.165) is 12.1 Å². The molecule has 0 aliphatic rings. The summed E-state index contributed by atoms with van der Waals surface area (Å²) < 4.78 is 47.0. The molecule has 0 bridgehead atoms. The number of hydrogen-bond acceptors (Lipinski definition) is 0. The monoisotopic (exact) mass is 217 g/mol. The Bertz CT molecular complexity index is 241. The second-order valence-corrected chi connectivity index (χ2v) is 9.13. The summed E-state index contributed by atoms with van der Waals surface area (Å²) in [7, 11) is 0. The molecule has 0 fully saturated rings. The van der Waals surface area contributed by atoms with Crippen LogP contribution < -0.4 is 4.16 Å². The van der Waals surface area contributed by atoms with Gasteiger partial charge < -0.3 is 0 Å². The molecule has 0 unspecified atom stereocenters. The third-order valence-corrected chi connectivity index (χ3v) is 5.04. The zero-order chi connectivity index (χ0) is 8.56. The Balaban J connectivity index is 3.14. The van der Waals surface area contributed by atoms with Crippen molar-refractivity contribution in [1.29, 1.82) is 0 Å². The second kappa shape index (κ2) is 2.27. The molecule has 59 valence electrons. The van der Waals surface area contributed by atoms with Crippen LogP contribution in [0.25, 0.3) is 0 Å². The van der Waals surface area contributed by atoms with E-state index >= 15 is 0 Å². The van der Waals surface area contributed by atoms with Crippen molar-refractivity contribution in [3.63, 3.8) is 0 Å². The van der Waals surface area contributed by atoms with Crippen LogP contribution >= 0.6 is 0 Å². The Morgan fingerprint density at radius 1 is 0.818 bits per heavy atom. The van der Waals surface area contributed by atoms with Gasteiger partial charge in [0, 0.05) is 0 Å². The first-order valence-corrected chi connectivity index (χ1v) is 9.30. The van der Waals surface area contributed by atoms with Crippen molar-refractivity contribution in [2.45, 2.75) is 0 Å². The topological polar surface area (TPSA) is 0 Å². The van der Waals surface area contributed by atoms with E-state index in [0.29, 0.717) is 0 Å². The van der Waals surface area contributed by atoms with Crippen LogP contribution in [0.5, 0.6) is 0 Å². The molecule has 1 aromatic carbocycles. The zero-order valence-electron chi connectivity index (χ0n) is 5.61. The second-order valence-electron chi connectivity index (χ2n) is 2.63. The van der Waals surface area contributed by atoms with Gasteiger partial charge in [-0.05, 0) is 0 Å². The van der Waals surface area contributed by atoms with Gasteiger partial charge in [0.25, 0.3) is 0 Å². The number of benzene rings is 1. The van der Waals surface area contributed by atoms with Crippen molar-refractivity contribution in [1.82, 2.24) is 0 Å². The van der Waals surface area contributed by atoms with Gasteiger partial charge in [0.05, 0.1) is 0 Å². The summed E-state index contributed by atoms with van der Waals surface area (Å²) in [6.07, 6.45) is 0. The van der Waals surface area contributed by atoms with Crippen LogP contribution in [0.3, 0.4) is 0 Å².